The summed E-state index contributed by atoms with van der Waals surface area (Å²) < 4.78 is 16.6. The zero-order chi connectivity index (χ0) is 15.9. The molecule has 0 radical (unpaired) electrons. The van der Waals surface area contributed by atoms with E-state index in [-0.39, 0.29) is 0 Å². The van der Waals surface area contributed by atoms with Crippen molar-refractivity contribution in [2.75, 3.05) is 14.2 Å². The van der Waals surface area contributed by atoms with Crippen molar-refractivity contribution in [3.63, 3.8) is 0 Å². The normalized spacial score (nSPS) is 19.1. The first kappa shape index (κ1) is 14.4. The molecule has 0 aliphatic carbocycles. The van der Waals surface area contributed by atoms with Gasteiger partial charge in [0.25, 0.3) is 0 Å². The largest absolute Gasteiger partial charge is 0.497 e. The lowest BCUT2D eigenvalue weighted by Gasteiger charge is -2.32. The topological polar surface area (TPSA) is 66.4 Å². The number of fused-ring (bicyclic) bond motifs is 1. The van der Waals surface area contributed by atoms with Crippen molar-refractivity contribution in [2.24, 2.45) is 5.16 Å². The highest BCUT2D eigenvalue weighted by atomic mass is 16.7. The van der Waals surface area contributed by atoms with Gasteiger partial charge in [-0.1, -0.05) is 5.16 Å². The van der Waals surface area contributed by atoms with Crippen LogP contribution in [0.4, 0.5) is 0 Å². The van der Waals surface area contributed by atoms with Gasteiger partial charge in [0.05, 0.1) is 14.2 Å². The van der Waals surface area contributed by atoms with E-state index in [0.717, 1.165) is 0 Å². The zero-order valence-electron chi connectivity index (χ0n) is 12.9. The molecular weight excluding hydrogens is 286 g/mol. The number of rotatable bonds is 3. The Hall–Kier alpha value is -2.50. The second kappa shape index (κ2) is 5.05. The van der Waals surface area contributed by atoms with E-state index in [1.807, 2.05) is 13.8 Å². The lowest BCUT2D eigenvalue weighted by Crippen LogP contribution is -2.33. The molecule has 0 atom stereocenters. The first-order valence-corrected chi connectivity index (χ1v) is 6.89. The van der Waals surface area contributed by atoms with Crippen molar-refractivity contribution in [2.45, 2.75) is 25.9 Å². The molecule has 0 saturated carbocycles. The summed E-state index contributed by atoms with van der Waals surface area (Å²) in [4.78, 5) is 16.8. The fourth-order valence-corrected chi connectivity index (χ4v) is 2.56. The third-order valence-electron chi connectivity index (χ3n) is 3.54. The molecule has 0 saturated heterocycles. The van der Waals surface area contributed by atoms with E-state index in [1.54, 1.807) is 32.4 Å². The smallest absolute Gasteiger partial charge is 0.371 e. The molecule has 6 heteroatoms. The highest BCUT2D eigenvalue weighted by Crippen LogP contribution is 2.39. The number of carbonyl (C=O) groups is 1. The van der Waals surface area contributed by atoms with Gasteiger partial charge in [0.15, 0.2) is 0 Å². The number of carbonyl (C=O) groups excluding carboxylic acids is 1. The summed E-state index contributed by atoms with van der Waals surface area (Å²) in [5.74, 6) is 1.16. The monoisotopic (exact) mass is 303 g/mol. The summed E-state index contributed by atoms with van der Waals surface area (Å²) in [6.07, 6.45) is 0.513. The number of hydrogen-bond donors (Lipinski definition) is 0. The molecule has 0 spiro atoms. The Bertz CT molecular complexity index is 680. The maximum atomic E-state index is 12.0. The van der Waals surface area contributed by atoms with Gasteiger partial charge in [-0.15, -0.1) is 0 Å². The Kier molecular flexibility index (Phi) is 3.31. The molecule has 0 fully saturated rings. The SMILES string of the molecule is COc1cc(OC)cc(C2=C3C(=O)ON=C3CC(C)(C)O2)c1. The second-order valence-electron chi connectivity index (χ2n) is 5.76. The quantitative estimate of drug-likeness (QED) is 0.803. The average molecular weight is 303 g/mol. The van der Waals surface area contributed by atoms with E-state index in [1.165, 1.54) is 0 Å². The molecule has 0 aromatic heterocycles. The Balaban J connectivity index is 2.18. The standard InChI is InChI=1S/C16H17NO5/c1-16(2)8-12-13(15(18)22-17-12)14(21-16)9-5-10(19-3)7-11(6-9)20-4/h5-7H,8H2,1-4H3. The molecule has 116 valence electrons. The lowest BCUT2D eigenvalue weighted by atomic mass is 9.91. The van der Waals surface area contributed by atoms with Crippen LogP contribution in [0.2, 0.25) is 0 Å². The number of nitrogens with zero attached hydrogens (tertiary/aromatic N) is 1. The lowest BCUT2D eigenvalue weighted by molar-refractivity contribution is -0.136. The van der Waals surface area contributed by atoms with Gasteiger partial charge >= 0.3 is 5.97 Å². The Morgan fingerprint density at radius 1 is 1.14 bits per heavy atom. The molecule has 22 heavy (non-hydrogen) atoms. The fourth-order valence-electron chi connectivity index (χ4n) is 2.56. The number of oxime groups is 1. The number of methoxy groups -OCH3 is 2. The maximum Gasteiger partial charge on any atom is 0.371 e. The van der Waals surface area contributed by atoms with E-state index in [4.69, 9.17) is 19.0 Å². The summed E-state index contributed by atoms with van der Waals surface area (Å²) in [6.45, 7) is 3.87. The van der Waals surface area contributed by atoms with Crippen molar-refractivity contribution in [1.29, 1.82) is 0 Å². The van der Waals surface area contributed by atoms with Gasteiger partial charge in [-0.05, 0) is 26.0 Å². The van der Waals surface area contributed by atoms with Crippen LogP contribution >= 0.6 is 0 Å². The number of benzene rings is 1. The number of hydrogen-bond acceptors (Lipinski definition) is 6. The van der Waals surface area contributed by atoms with Gasteiger partial charge in [0, 0.05) is 18.1 Å². The number of ether oxygens (including phenoxy) is 3. The third kappa shape index (κ3) is 2.41. The third-order valence-corrected chi connectivity index (χ3v) is 3.54. The van der Waals surface area contributed by atoms with Crippen molar-refractivity contribution in [3.8, 4) is 11.5 Å². The van der Waals surface area contributed by atoms with Crippen LogP contribution in [0.15, 0.2) is 28.9 Å². The zero-order valence-corrected chi connectivity index (χ0v) is 12.9. The average Bonchev–Trinajstić information content (AvgIpc) is 2.85. The molecule has 0 bridgehead atoms. The summed E-state index contributed by atoms with van der Waals surface area (Å²) in [5.41, 5.74) is 1.18. The van der Waals surface area contributed by atoms with Gasteiger partial charge in [0.2, 0.25) is 0 Å². The van der Waals surface area contributed by atoms with Crippen molar-refractivity contribution in [3.05, 3.63) is 29.3 Å². The molecule has 1 aromatic rings. The Labute approximate surface area is 128 Å². The highest BCUT2D eigenvalue weighted by Gasteiger charge is 2.41. The molecule has 2 heterocycles. The molecular formula is C16H17NO5. The van der Waals surface area contributed by atoms with Crippen LogP contribution in [-0.4, -0.2) is 31.5 Å². The molecule has 2 aliphatic heterocycles. The van der Waals surface area contributed by atoms with Gasteiger partial charge in [-0.25, -0.2) is 4.79 Å². The summed E-state index contributed by atoms with van der Waals surface area (Å²) in [6, 6.07) is 5.33. The van der Waals surface area contributed by atoms with Crippen molar-refractivity contribution in [1.82, 2.24) is 0 Å². The van der Waals surface area contributed by atoms with Crippen LogP contribution < -0.4 is 9.47 Å². The predicted octanol–water partition coefficient (Wildman–Crippen LogP) is 2.53. The van der Waals surface area contributed by atoms with Crippen LogP contribution in [0.3, 0.4) is 0 Å². The summed E-state index contributed by atoms with van der Waals surface area (Å²) in [5, 5.41) is 3.86. The Morgan fingerprint density at radius 2 is 1.77 bits per heavy atom. The molecule has 2 aliphatic rings. The minimum Gasteiger partial charge on any atom is -0.497 e. The molecule has 1 aromatic carbocycles. The van der Waals surface area contributed by atoms with E-state index in [9.17, 15) is 4.79 Å². The van der Waals surface area contributed by atoms with Gasteiger partial charge < -0.3 is 19.0 Å². The summed E-state index contributed by atoms with van der Waals surface area (Å²) in [7, 11) is 3.14. The molecule has 6 nitrogen and oxygen atoms in total. The maximum absolute atomic E-state index is 12.0. The van der Waals surface area contributed by atoms with E-state index >= 15 is 0 Å². The van der Waals surface area contributed by atoms with Crippen LogP contribution in [0.25, 0.3) is 5.76 Å². The first-order valence-electron chi connectivity index (χ1n) is 6.89. The molecule has 0 N–H and O–H groups in total. The van der Waals surface area contributed by atoms with Crippen LogP contribution in [0, 0.1) is 0 Å². The van der Waals surface area contributed by atoms with Crippen LogP contribution in [-0.2, 0) is 14.4 Å². The van der Waals surface area contributed by atoms with Crippen LogP contribution in [0.1, 0.15) is 25.8 Å². The fraction of sp³-hybridized carbons (Fsp3) is 0.375. The van der Waals surface area contributed by atoms with Gasteiger partial charge in [0.1, 0.15) is 34.1 Å². The minimum atomic E-state index is -0.498. The van der Waals surface area contributed by atoms with Crippen molar-refractivity contribution >= 4 is 17.4 Å². The second-order valence-corrected chi connectivity index (χ2v) is 5.76. The van der Waals surface area contributed by atoms with Crippen LogP contribution in [0.5, 0.6) is 11.5 Å². The van der Waals surface area contributed by atoms with Crippen molar-refractivity contribution < 1.29 is 23.8 Å². The Morgan fingerprint density at radius 3 is 2.36 bits per heavy atom. The highest BCUT2D eigenvalue weighted by molar-refractivity contribution is 6.27. The predicted molar refractivity (Wildman–Crippen MR) is 79.8 cm³/mol. The van der Waals surface area contributed by atoms with E-state index in [2.05, 4.69) is 5.16 Å². The molecule has 0 amide bonds. The van der Waals surface area contributed by atoms with E-state index in [0.29, 0.717) is 40.5 Å². The van der Waals surface area contributed by atoms with Gasteiger partial charge in [-0.2, -0.15) is 0 Å². The molecule has 0 unspecified atom stereocenters. The molecule has 3 rings (SSSR count). The first-order chi connectivity index (χ1) is 10.4. The summed E-state index contributed by atoms with van der Waals surface area (Å²) >= 11 is 0. The van der Waals surface area contributed by atoms with E-state index < -0.39 is 11.6 Å². The minimum absolute atomic E-state index is 0.370. The van der Waals surface area contributed by atoms with Gasteiger partial charge in [-0.3, -0.25) is 0 Å².